The first-order valence-corrected chi connectivity index (χ1v) is 17.1. The normalized spacial score (nSPS) is 11.7. The maximum absolute atomic E-state index is 5.27. The van der Waals surface area contributed by atoms with Crippen LogP contribution in [0.5, 0.6) is 0 Å². The van der Waals surface area contributed by atoms with Crippen molar-refractivity contribution < 1.29 is 0 Å². The molecular formula is C44H26N4S. The largest absolute Gasteiger partial charge is 0.256 e. The summed E-state index contributed by atoms with van der Waals surface area (Å²) in [7, 11) is 0. The Balaban J connectivity index is 1.25. The molecule has 5 heteroatoms. The summed E-state index contributed by atoms with van der Waals surface area (Å²) in [5, 5.41) is 8.19. The number of benzene rings is 7. The van der Waals surface area contributed by atoms with Crippen molar-refractivity contribution in [1.29, 1.82) is 0 Å². The topological polar surface area (TPSA) is 51.6 Å². The fourth-order valence-corrected chi connectivity index (χ4v) is 8.29. The molecule has 10 rings (SSSR count). The van der Waals surface area contributed by atoms with Crippen LogP contribution in [0.4, 0.5) is 0 Å². The molecule has 0 spiro atoms. The number of aromatic nitrogens is 4. The lowest BCUT2D eigenvalue weighted by Gasteiger charge is -2.16. The number of pyridine rings is 1. The van der Waals surface area contributed by atoms with E-state index in [2.05, 4.69) is 127 Å². The van der Waals surface area contributed by atoms with E-state index in [0.29, 0.717) is 17.5 Å². The molecule has 3 aromatic heterocycles. The summed E-state index contributed by atoms with van der Waals surface area (Å²) in [6, 6.07) is 53.0. The third-order valence-corrected chi connectivity index (χ3v) is 10.5. The molecule has 4 nitrogen and oxygen atoms in total. The van der Waals surface area contributed by atoms with Gasteiger partial charge in [-0.2, -0.15) is 0 Å². The quantitative estimate of drug-likeness (QED) is 0.179. The number of hydrogen-bond donors (Lipinski definition) is 0. The molecule has 0 N–H and O–H groups in total. The van der Waals surface area contributed by atoms with Crippen LogP contribution in [-0.4, -0.2) is 19.9 Å². The molecule has 49 heavy (non-hydrogen) atoms. The average molecular weight is 643 g/mol. The summed E-state index contributed by atoms with van der Waals surface area (Å²) in [5.74, 6) is 1.93. The second-order valence-corrected chi connectivity index (χ2v) is 13.3. The van der Waals surface area contributed by atoms with Crippen LogP contribution >= 0.6 is 11.3 Å². The maximum Gasteiger partial charge on any atom is 0.164 e. The van der Waals surface area contributed by atoms with Gasteiger partial charge in [0.2, 0.25) is 0 Å². The molecule has 7 aromatic carbocycles. The number of rotatable bonds is 4. The first-order chi connectivity index (χ1) is 24.3. The Morgan fingerprint density at radius 3 is 1.94 bits per heavy atom. The number of thiophene rings is 1. The second-order valence-electron chi connectivity index (χ2n) is 12.2. The number of hydrogen-bond acceptors (Lipinski definition) is 5. The van der Waals surface area contributed by atoms with Gasteiger partial charge >= 0.3 is 0 Å². The Morgan fingerprint density at radius 1 is 0.388 bits per heavy atom. The van der Waals surface area contributed by atoms with Crippen molar-refractivity contribution in [1.82, 2.24) is 19.9 Å². The Morgan fingerprint density at radius 2 is 1.04 bits per heavy atom. The lowest BCUT2D eigenvalue weighted by molar-refractivity contribution is 1.08. The SMILES string of the molecule is c1ccc(-c2nc(-c3ccccc3-c3cc4ccc5ccccc5c4c4ncccc34)nc(-c3cccc4sc5ccccc5c34)n2)cc1. The van der Waals surface area contributed by atoms with Crippen molar-refractivity contribution in [3.05, 3.63) is 158 Å². The highest BCUT2D eigenvalue weighted by atomic mass is 32.1. The van der Waals surface area contributed by atoms with E-state index in [0.717, 1.165) is 44.1 Å². The van der Waals surface area contributed by atoms with Gasteiger partial charge < -0.3 is 0 Å². The molecule has 0 radical (unpaired) electrons. The van der Waals surface area contributed by atoms with Crippen LogP contribution < -0.4 is 0 Å². The van der Waals surface area contributed by atoms with E-state index in [9.17, 15) is 0 Å². The van der Waals surface area contributed by atoms with Crippen LogP contribution in [0.2, 0.25) is 0 Å². The van der Waals surface area contributed by atoms with Gasteiger partial charge in [-0.1, -0.05) is 127 Å². The summed E-state index contributed by atoms with van der Waals surface area (Å²) < 4.78 is 2.46. The maximum atomic E-state index is 5.27. The van der Waals surface area contributed by atoms with Crippen molar-refractivity contribution in [2.75, 3.05) is 0 Å². The molecule has 0 unspecified atom stereocenters. The summed E-state index contributed by atoms with van der Waals surface area (Å²) >= 11 is 1.80. The van der Waals surface area contributed by atoms with Gasteiger partial charge in [-0.25, -0.2) is 15.0 Å². The summed E-state index contributed by atoms with van der Waals surface area (Å²) in [4.78, 5) is 20.5. The van der Waals surface area contributed by atoms with E-state index >= 15 is 0 Å². The molecule has 10 aromatic rings. The smallest absolute Gasteiger partial charge is 0.164 e. The molecular weight excluding hydrogens is 617 g/mol. The minimum absolute atomic E-state index is 0.631. The molecule has 0 aliphatic carbocycles. The first-order valence-electron chi connectivity index (χ1n) is 16.3. The fourth-order valence-electron chi connectivity index (χ4n) is 7.16. The van der Waals surface area contributed by atoms with E-state index < -0.39 is 0 Å². The predicted molar refractivity (Wildman–Crippen MR) is 205 cm³/mol. The Hall–Kier alpha value is -6.30. The van der Waals surface area contributed by atoms with Crippen molar-refractivity contribution in [3.63, 3.8) is 0 Å². The fraction of sp³-hybridized carbons (Fsp3) is 0. The predicted octanol–water partition coefficient (Wildman–Crippen LogP) is 11.8. The lowest BCUT2D eigenvalue weighted by atomic mass is 9.91. The van der Waals surface area contributed by atoms with Crippen LogP contribution in [0.25, 0.3) is 97.9 Å². The summed E-state index contributed by atoms with van der Waals surface area (Å²) in [5.41, 5.74) is 6.01. The van der Waals surface area contributed by atoms with Gasteiger partial charge in [-0.3, -0.25) is 4.98 Å². The monoisotopic (exact) mass is 642 g/mol. The zero-order valence-electron chi connectivity index (χ0n) is 26.2. The van der Waals surface area contributed by atoms with E-state index in [1.165, 1.54) is 36.3 Å². The second kappa shape index (κ2) is 11.2. The van der Waals surface area contributed by atoms with Crippen molar-refractivity contribution in [2.24, 2.45) is 0 Å². The molecule has 0 atom stereocenters. The van der Waals surface area contributed by atoms with E-state index in [-0.39, 0.29) is 0 Å². The third-order valence-electron chi connectivity index (χ3n) is 9.36. The van der Waals surface area contributed by atoms with Gasteiger partial charge in [0.25, 0.3) is 0 Å². The lowest BCUT2D eigenvalue weighted by Crippen LogP contribution is -2.01. The van der Waals surface area contributed by atoms with Gasteiger partial charge in [-0.05, 0) is 51.6 Å². The van der Waals surface area contributed by atoms with Crippen LogP contribution in [0, 0.1) is 0 Å². The summed E-state index contributed by atoms with van der Waals surface area (Å²) in [6.07, 6.45) is 1.89. The first kappa shape index (κ1) is 27.8. The molecule has 0 amide bonds. The zero-order chi connectivity index (χ0) is 32.3. The van der Waals surface area contributed by atoms with Crippen molar-refractivity contribution >= 4 is 64.0 Å². The van der Waals surface area contributed by atoms with Crippen molar-refractivity contribution in [3.8, 4) is 45.3 Å². The van der Waals surface area contributed by atoms with E-state index in [4.69, 9.17) is 19.9 Å². The highest BCUT2D eigenvalue weighted by molar-refractivity contribution is 7.25. The summed E-state index contributed by atoms with van der Waals surface area (Å²) in [6.45, 7) is 0. The standard InChI is InChI=1S/C44H26N4S/c1-2-13-28(14-3-1)42-46-43(48-44(47-42)35-19-10-22-38-40(35)34-18-8-9-21-37(34)49-38)33-17-7-6-16-31(33)36-26-29-24-23-27-12-4-5-15-30(27)39(29)41-32(36)20-11-25-45-41/h1-26H. The molecule has 0 saturated carbocycles. The molecule has 228 valence electrons. The van der Waals surface area contributed by atoms with Crippen LogP contribution in [0.15, 0.2) is 158 Å². The van der Waals surface area contributed by atoms with Gasteiger partial charge in [0.05, 0.1) is 5.52 Å². The van der Waals surface area contributed by atoms with Gasteiger partial charge in [0.15, 0.2) is 17.5 Å². The Kier molecular flexibility index (Phi) is 6.32. The van der Waals surface area contributed by atoms with E-state index in [1.54, 1.807) is 11.3 Å². The minimum Gasteiger partial charge on any atom is -0.256 e. The third kappa shape index (κ3) is 4.51. The van der Waals surface area contributed by atoms with Gasteiger partial charge in [0, 0.05) is 53.8 Å². The minimum atomic E-state index is 0.631. The highest BCUT2D eigenvalue weighted by Crippen LogP contribution is 2.42. The number of fused-ring (bicyclic) bond motifs is 8. The van der Waals surface area contributed by atoms with Gasteiger partial charge in [0.1, 0.15) is 0 Å². The highest BCUT2D eigenvalue weighted by Gasteiger charge is 2.20. The molecule has 0 aliphatic heterocycles. The van der Waals surface area contributed by atoms with Crippen LogP contribution in [0.3, 0.4) is 0 Å². The molecule has 0 bridgehead atoms. The Bertz CT molecular complexity index is 2890. The molecule has 3 heterocycles. The zero-order valence-corrected chi connectivity index (χ0v) is 27.0. The van der Waals surface area contributed by atoms with Crippen LogP contribution in [-0.2, 0) is 0 Å². The van der Waals surface area contributed by atoms with Crippen LogP contribution in [0.1, 0.15) is 0 Å². The molecule has 0 aliphatic rings. The average Bonchev–Trinajstić information content (AvgIpc) is 3.56. The molecule has 0 saturated heterocycles. The van der Waals surface area contributed by atoms with E-state index in [1.807, 2.05) is 30.5 Å². The molecule has 0 fully saturated rings. The van der Waals surface area contributed by atoms with Gasteiger partial charge in [-0.15, -0.1) is 11.3 Å². The number of nitrogens with zero attached hydrogens (tertiary/aromatic N) is 4. The van der Waals surface area contributed by atoms with Crippen molar-refractivity contribution in [2.45, 2.75) is 0 Å². The Labute approximate surface area is 286 Å².